The SMILES string of the molecule is CCc1nc(C)c(C(C)N(C)C(=O)c2cccc(N)c2)s1.Cl.Cl. The van der Waals surface area contributed by atoms with Crippen molar-refractivity contribution in [3.8, 4) is 0 Å². The number of benzene rings is 1. The quantitative estimate of drug-likeness (QED) is 0.811. The van der Waals surface area contributed by atoms with E-state index in [1.807, 2.05) is 20.9 Å². The largest absolute Gasteiger partial charge is 0.399 e. The number of carbonyl (C=O) groups is 1. The molecule has 0 spiro atoms. The highest BCUT2D eigenvalue weighted by Gasteiger charge is 2.22. The molecule has 2 aromatic rings. The topological polar surface area (TPSA) is 59.2 Å². The van der Waals surface area contributed by atoms with Crippen LogP contribution in [0.1, 0.15) is 45.8 Å². The Balaban J connectivity index is 0.00000242. The summed E-state index contributed by atoms with van der Waals surface area (Å²) < 4.78 is 0. The fraction of sp³-hybridized carbons (Fsp3) is 0.375. The van der Waals surface area contributed by atoms with Crippen LogP contribution in [0.15, 0.2) is 24.3 Å². The number of hydrogen-bond acceptors (Lipinski definition) is 4. The van der Waals surface area contributed by atoms with Crippen molar-refractivity contribution in [3.05, 3.63) is 45.4 Å². The van der Waals surface area contributed by atoms with Gasteiger partial charge in [0.05, 0.1) is 16.7 Å². The lowest BCUT2D eigenvalue weighted by Crippen LogP contribution is -2.29. The maximum absolute atomic E-state index is 12.6. The summed E-state index contributed by atoms with van der Waals surface area (Å²) >= 11 is 1.68. The molecule has 0 radical (unpaired) electrons. The predicted octanol–water partition coefficient (Wildman–Crippen LogP) is 4.27. The first kappa shape index (κ1) is 21.7. The van der Waals surface area contributed by atoms with Gasteiger partial charge >= 0.3 is 0 Å². The number of nitrogen functional groups attached to an aromatic ring is 1. The second kappa shape index (κ2) is 9.11. The Morgan fingerprint density at radius 2 is 2.04 bits per heavy atom. The van der Waals surface area contributed by atoms with Gasteiger partial charge in [-0.05, 0) is 38.5 Å². The van der Waals surface area contributed by atoms with Gasteiger partial charge in [0, 0.05) is 23.2 Å². The summed E-state index contributed by atoms with van der Waals surface area (Å²) in [6.07, 6.45) is 0.922. The Morgan fingerprint density at radius 1 is 1.39 bits per heavy atom. The third kappa shape index (κ3) is 4.83. The molecular formula is C16H23Cl2N3OS. The number of halogens is 2. The Hall–Kier alpha value is -1.30. The minimum atomic E-state index is -0.0272. The van der Waals surface area contributed by atoms with Crippen LogP contribution in [0.3, 0.4) is 0 Å². The Kier molecular flexibility index (Phi) is 8.59. The first-order chi connectivity index (χ1) is 9.93. The number of aryl methyl sites for hydroxylation is 2. The average molecular weight is 376 g/mol. The second-order valence-corrected chi connectivity index (χ2v) is 6.24. The van der Waals surface area contributed by atoms with Crippen molar-refractivity contribution in [2.75, 3.05) is 12.8 Å². The molecule has 2 rings (SSSR count). The van der Waals surface area contributed by atoms with Crippen molar-refractivity contribution in [1.82, 2.24) is 9.88 Å². The number of amides is 1. The number of nitrogens with two attached hydrogens (primary N) is 1. The number of nitrogens with zero attached hydrogens (tertiary/aromatic N) is 2. The smallest absolute Gasteiger partial charge is 0.254 e. The van der Waals surface area contributed by atoms with Gasteiger partial charge in [0.15, 0.2) is 0 Å². The average Bonchev–Trinajstić information content (AvgIpc) is 2.86. The standard InChI is InChI=1S/C16H21N3OS.2ClH/c1-5-14-18-10(2)15(21-14)11(3)19(4)16(20)12-7-6-8-13(17)9-12;;/h6-9,11H,5,17H2,1-4H3;2*1H. The van der Waals surface area contributed by atoms with Crippen LogP contribution in [0.5, 0.6) is 0 Å². The highest BCUT2D eigenvalue weighted by molar-refractivity contribution is 7.11. The molecule has 23 heavy (non-hydrogen) atoms. The summed E-state index contributed by atoms with van der Waals surface area (Å²) in [6.45, 7) is 6.12. The monoisotopic (exact) mass is 375 g/mol. The molecule has 1 aromatic heterocycles. The fourth-order valence-electron chi connectivity index (χ4n) is 2.23. The van der Waals surface area contributed by atoms with E-state index >= 15 is 0 Å². The van der Waals surface area contributed by atoms with E-state index in [-0.39, 0.29) is 36.8 Å². The fourth-order valence-corrected chi connectivity index (χ4v) is 3.33. The van der Waals surface area contributed by atoms with E-state index in [9.17, 15) is 4.79 Å². The van der Waals surface area contributed by atoms with Crippen molar-refractivity contribution in [1.29, 1.82) is 0 Å². The minimum Gasteiger partial charge on any atom is -0.399 e. The Bertz CT molecular complexity index is 661. The van der Waals surface area contributed by atoms with E-state index in [2.05, 4.69) is 11.9 Å². The van der Waals surface area contributed by atoms with Gasteiger partial charge in [0.25, 0.3) is 5.91 Å². The van der Waals surface area contributed by atoms with Crippen LogP contribution in [-0.2, 0) is 6.42 Å². The molecule has 1 amide bonds. The second-order valence-electron chi connectivity index (χ2n) is 5.13. The maximum atomic E-state index is 12.6. The Morgan fingerprint density at radius 3 is 2.57 bits per heavy atom. The zero-order chi connectivity index (χ0) is 15.6. The van der Waals surface area contributed by atoms with E-state index in [0.717, 1.165) is 22.0 Å². The molecule has 1 unspecified atom stereocenters. The van der Waals surface area contributed by atoms with Crippen LogP contribution in [-0.4, -0.2) is 22.8 Å². The summed E-state index contributed by atoms with van der Waals surface area (Å²) in [5, 5.41) is 1.11. The number of hydrogen-bond donors (Lipinski definition) is 1. The van der Waals surface area contributed by atoms with Crippen LogP contribution in [0.25, 0.3) is 0 Å². The molecule has 7 heteroatoms. The molecule has 0 saturated carbocycles. The molecule has 0 aliphatic heterocycles. The van der Waals surface area contributed by atoms with E-state index in [1.165, 1.54) is 0 Å². The predicted molar refractivity (Wildman–Crippen MR) is 102 cm³/mol. The van der Waals surface area contributed by atoms with Gasteiger partial charge in [-0.15, -0.1) is 36.2 Å². The van der Waals surface area contributed by atoms with Gasteiger partial charge < -0.3 is 10.6 Å². The van der Waals surface area contributed by atoms with E-state index in [4.69, 9.17) is 5.73 Å². The number of rotatable bonds is 4. The van der Waals surface area contributed by atoms with Crippen LogP contribution < -0.4 is 5.73 Å². The summed E-state index contributed by atoms with van der Waals surface area (Å²) in [7, 11) is 1.82. The lowest BCUT2D eigenvalue weighted by molar-refractivity contribution is 0.0744. The molecule has 0 saturated heterocycles. The van der Waals surface area contributed by atoms with Crippen molar-refractivity contribution >= 4 is 47.7 Å². The highest BCUT2D eigenvalue weighted by Crippen LogP contribution is 2.29. The molecule has 128 valence electrons. The van der Waals surface area contributed by atoms with Gasteiger partial charge in [0.1, 0.15) is 0 Å². The third-order valence-corrected chi connectivity index (χ3v) is 5.07. The third-order valence-electron chi connectivity index (χ3n) is 3.59. The molecule has 0 fully saturated rings. The molecule has 4 nitrogen and oxygen atoms in total. The molecule has 1 atom stereocenters. The number of anilines is 1. The minimum absolute atomic E-state index is 0. The molecule has 0 bridgehead atoms. The van der Waals surface area contributed by atoms with E-state index < -0.39 is 0 Å². The molecule has 0 aliphatic carbocycles. The van der Waals surface area contributed by atoms with Gasteiger partial charge in [-0.1, -0.05) is 13.0 Å². The molecule has 2 N–H and O–H groups in total. The Labute approximate surface area is 153 Å². The van der Waals surface area contributed by atoms with E-state index in [1.54, 1.807) is 40.5 Å². The molecule has 1 heterocycles. The molecular weight excluding hydrogens is 353 g/mol. The van der Waals surface area contributed by atoms with Crippen LogP contribution >= 0.6 is 36.2 Å². The van der Waals surface area contributed by atoms with Crippen molar-refractivity contribution in [3.63, 3.8) is 0 Å². The number of carbonyl (C=O) groups excluding carboxylic acids is 1. The van der Waals surface area contributed by atoms with Gasteiger partial charge in [-0.25, -0.2) is 4.98 Å². The highest BCUT2D eigenvalue weighted by atomic mass is 35.5. The first-order valence-corrected chi connectivity index (χ1v) is 7.84. The van der Waals surface area contributed by atoms with Gasteiger partial charge in [-0.3, -0.25) is 4.79 Å². The summed E-state index contributed by atoms with van der Waals surface area (Å²) in [5.74, 6) is -0.0272. The first-order valence-electron chi connectivity index (χ1n) is 7.03. The van der Waals surface area contributed by atoms with Crippen LogP contribution in [0.2, 0.25) is 0 Å². The molecule has 1 aromatic carbocycles. The summed E-state index contributed by atoms with van der Waals surface area (Å²) in [4.78, 5) is 20.0. The van der Waals surface area contributed by atoms with Crippen LogP contribution in [0.4, 0.5) is 5.69 Å². The summed E-state index contributed by atoms with van der Waals surface area (Å²) in [5.41, 5.74) is 7.98. The van der Waals surface area contributed by atoms with Crippen LogP contribution in [0, 0.1) is 6.92 Å². The van der Waals surface area contributed by atoms with Crippen molar-refractivity contribution in [2.45, 2.75) is 33.2 Å². The van der Waals surface area contributed by atoms with Gasteiger partial charge in [-0.2, -0.15) is 0 Å². The van der Waals surface area contributed by atoms with Crippen molar-refractivity contribution in [2.24, 2.45) is 0 Å². The lowest BCUT2D eigenvalue weighted by atomic mass is 10.1. The molecule has 0 aliphatic rings. The number of aromatic nitrogens is 1. The lowest BCUT2D eigenvalue weighted by Gasteiger charge is -2.24. The zero-order valence-corrected chi connectivity index (χ0v) is 16.1. The number of thiazole rings is 1. The van der Waals surface area contributed by atoms with Crippen molar-refractivity contribution < 1.29 is 4.79 Å². The summed E-state index contributed by atoms with van der Waals surface area (Å²) in [6, 6.07) is 7.08. The zero-order valence-electron chi connectivity index (χ0n) is 13.7. The normalized spacial score (nSPS) is 11.1. The van der Waals surface area contributed by atoms with Gasteiger partial charge in [0.2, 0.25) is 0 Å². The van der Waals surface area contributed by atoms with E-state index in [0.29, 0.717) is 11.3 Å². The maximum Gasteiger partial charge on any atom is 0.254 e.